The van der Waals surface area contributed by atoms with Gasteiger partial charge in [0.05, 0.1) is 4.92 Å². The van der Waals surface area contributed by atoms with Crippen LogP contribution in [0.4, 0.5) is 11.4 Å². The molecule has 0 amide bonds. The Morgan fingerprint density at radius 2 is 1.72 bits per heavy atom. The van der Waals surface area contributed by atoms with Gasteiger partial charge in [-0.2, -0.15) is 0 Å². The van der Waals surface area contributed by atoms with Crippen molar-refractivity contribution in [3.05, 3.63) is 69.6 Å². The third-order valence-electron chi connectivity index (χ3n) is 4.75. The molecule has 1 aliphatic rings. The molecule has 0 spiro atoms. The second kappa shape index (κ2) is 6.82. The minimum absolute atomic E-state index is 0.194. The minimum Gasteiger partial charge on any atom is -0.363 e. The molecule has 0 atom stereocenters. The first kappa shape index (κ1) is 16.1. The Hall–Kier alpha value is -2.44. The number of thiophene rings is 1. The topological polar surface area (TPSA) is 49.6 Å². The number of piperazine rings is 1. The van der Waals surface area contributed by atoms with E-state index in [9.17, 15) is 10.1 Å². The molecule has 25 heavy (non-hydrogen) atoms. The summed E-state index contributed by atoms with van der Waals surface area (Å²) in [4.78, 5) is 15.5. The fourth-order valence-corrected chi connectivity index (χ4v) is 4.38. The van der Waals surface area contributed by atoms with Gasteiger partial charge >= 0.3 is 0 Å². The number of nitrogens with zero attached hydrogens (tertiary/aromatic N) is 3. The van der Waals surface area contributed by atoms with Gasteiger partial charge in [-0.15, -0.1) is 11.3 Å². The maximum absolute atomic E-state index is 11.2. The summed E-state index contributed by atoms with van der Waals surface area (Å²) in [5.41, 5.74) is 2.30. The number of para-hydroxylation sites is 2. The first-order valence-electron chi connectivity index (χ1n) is 8.38. The summed E-state index contributed by atoms with van der Waals surface area (Å²) in [6.07, 6.45) is 0. The zero-order valence-corrected chi connectivity index (χ0v) is 14.6. The maximum Gasteiger partial charge on any atom is 0.292 e. The Morgan fingerprint density at radius 1 is 1.00 bits per heavy atom. The third-order valence-corrected chi connectivity index (χ3v) is 5.76. The molecular formula is C19H19N3O2S. The summed E-state index contributed by atoms with van der Waals surface area (Å²) < 4.78 is 1.33. The Labute approximate surface area is 150 Å². The van der Waals surface area contributed by atoms with Crippen LogP contribution >= 0.6 is 11.3 Å². The van der Waals surface area contributed by atoms with E-state index >= 15 is 0 Å². The van der Waals surface area contributed by atoms with Crippen LogP contribution < -0.4 is 4.90 Å². The van der Waals surface area contributed by atoms with Crippen LogP contribution in [0.2, 0.25) is 0 Å². The van der Waals surface area contributed by atoms with Crippen molar-refractivity contribution < 1.29 is 4.92 Å². The summed E-state index contributed by atoms with van der Waals surface area (Å²) in [6, 6.07) is 15.5. The molecular weight excluding hydrogens is 334 g/mol. The first-order chi connectivity index (χ1) is 12.2. The van der Waals surface area contributed by atoms with Crippen LogP contribution in [0.3, 0.4) is 0 Å². The Morgan fingerprint density at radius 3 is 2.52 bits per heavy atom. The van der Waals surface area contributed by atoms with Crippen LogP contribution in [0.5, 0.6) is 0 Å². The van der Waals surface area contributed by atoms with Gasteiger partial charge in [-0.3, -0.25) is 15.0 Å². The fourth-order valence-electron chi connectivity index (χ4n) is 3.43. The van der Waals surface area contributed by atoms with Gasteiger partial charge in [0.1, 0.15) is 5.69 Å². The molecule has 0 unspecified atom stereocenters. The summed E-state index contributed by atoms with van der Waals surface area (Å²) in [5, 5.41) is 14.8. The van der Waals surface area contributed by atoms with E-state index in [0.717, 1.165) is 38.4 Å². The van der Waals surface area contributed by atoms with Crippen molar-refractivity contribution in [3.63, 3.8) is 0 Å². The zero-order chi connectivity index (χ0) is 17.2. The SMILES string of the molecule is O=[N+]([O-])c1ccccc1N1CCN(Cc2csc3ccccc23)CC1. The van der Waals surface area contributed by atoms with E-state index in [1.165, 1.54) is 15.6 Å². The highest BCUT2D eigenvalue weighted by atomic mass is 32.1. The predicted molar refractivity (Wildman–Crippen MR) is 102 cm³/mol. The van der Waals surface area contributed by atoms with Gasteiger partial charge in [0.25, 0.3) is 5.69 Å². The van der Waals surface area contributed by atoms with Crippen molar-refractivity contribution >= 4 is 32.8 Å². The smallest absolute Gasteiger partial charge is 0.292 e. The van der Waals surface area contributed by atoms with E-state index in [1.807, 2.05) is 12.1 Å². The molecule has 2 heterocycles. The lowest BCUT2D eigenvalue weighted by Gasteiger charge is -2.35. The van der Waals surface area contributed by atoms with E-state index in [4.69, 9.17) is 0 Å². The Kier molecular flexibility index (Phi) is 4.38. The van der Waals surface area contributed by atoms with Crippen LogP contribution in [0.15, 0.2) is 53.9 Å². The number of hydrogen-bond donors (Lipinski definition) is 0. The van der Waals surface area contributed by atoms with E-state index < -0.39 is 0 Å². The summed E-state index contributed by atoms with van der Waals surface area (Å²) >= 11 is 1.79. The quantitative estimate of drug-likeness (QED) is 0.523. The van der Waals surface area contributed by atoms with Crippen molar-refractivity contribution in [2.24, 2.45) is 0 Å². The minimum atomic E-state index is -0.292. The molecule has 0 saturated carbocycles. The molecule has 1 fully saturated rings. The first-order valence-corrected chi connectivity index (χ1v) is 9.26. The van der Waals surface area contributed by atoms with Crippen molar-refractivity contribution in [2.45, 2.75) is 6.54 Å². The van der Waals surface area contributed by atoms with Crippen LogP contribution in [0.25, 0.3) is 10.1 Å². The summed E-state index contributed by atoms with van der Waals surface area (Å²) in [6.45, 7) is 4.39. The van der Waals surface area contributed by atoms with Gasteiger partial charge in [-0.25, -0.2) is 0 Å². The highest BCUT2D eigenvalue weighted by Crippen LogP contribution is 2.30. The molecule has 0 N–H and O–H groups in total. The molecule has 5 nitrogen and oxygen atoms in total. The number of fused-ring (bicyclic) bond motifs is 1. The highest BCUT2D eigenvalue weighted by molar-refractivity contribution is 7.17. The Balaban J connectivity index is 1.44. The molecule has 3 aromatic rings. The largest absolute Gasteiger partial charge is 0.363 e. The van der Waals surface area contributed by atoms with Gasteiger partial charge in [0.2, 0.25) is 0 Å². The van der Waals surface area contributed by atoms with Crippen LogP contribution in [0.1, 0.15) is 5.56 Å². The van der Waals surface area contributed by atoms with Gasteiger partial charge in [0.15, 0.2) is 0 Å². The second-order valence-electron chi connectivity index (χ2n) is 6.27. The second-order valence-corrected chi connectivity index (χ2v) is 7.18. The van der Waals surface area contributed by atoms with Crippen molar-refractivity contribution in [3.8, 4) is 0 Å². The number of nitro benzene ring substituents is 1. The van der Waals surface area contributed by atoms with E-state index in [-0.39, 0.29) is 10.6 Å². The van der Waals surface area contributed by atoms with Crippen molar-refractivity contribution in [2.75, 3.05) is 31.1 Å². The molecule has 0 aliphatic carbocycles. The molecule has 2 aromatic carbocycles. The van der Waals surface area contributed by atoms with Crippen molar-refractivity contribution in [1.82, 2.24) is 4.90 Å². The number of hydrogen-bond acceptors (Lipinski definition) is 5. The molecule has 0 radical (unpaired) electrons. The summed E-state index contributed by atoms with van der Waals surface area (Å²) in [5.74, 6) is 0. The normalized spacial score (nSPS) is 15.6. The van der Waals surface area contributed by atoms with Crippen molar-refractivity contribution in [1.29, 1.82) is 0 Å². The zero-order valence-electron chi connectivity index (χ0n) is 13.8. The molecule has 1 aliphatic heterocycles. The van der Waals surface area contributed by atoms with Gasteiger partial charge < -0.3 is 4.90 Å². The number of rotatable bonds is 4. The van der Waals surface area contributed by atoms with Gasteiger partial charge in [-0.1, -0.05) is 30.3 Å². The molecule has 6 heteroatoms. The number of anilines is 1. The van der Waals surface area contributed by atoms with Crippen LogP contribution in [0, 0.1) is 10.1 Å². The molecule has 4 rings (SSSR count). The average Bonchev–Trinajstić information content (AvgIpc) is 3.05. The fraction of sp³-hybridized carbons (Fsp3) is 0.263. The standard InChI is InChI=1S/C19H19N3O2S/c23-22(24)18-7-3-2-6-17(18)21-11-9-20(10-12-21)13-15-14-25-19-8-4-1-5-16(15)19/h1-8,14H,9-13H2. The van der Waals surface area contributed by atoms with E-state index in [0.29, 0.717) is 0 Å². The van der Waals surface area contributed by atoms with E-state index in [1.54, 1.807) is 23.5 Å². The van der Waals surface area contributed by atoms with Gasteiger partial charge in [0, 0.05) is 43.5 Å². The molecule has 1 saturated heterocycles. The van der Waals surface area contributed by atoms with E-state index in [2.05, 4.69) is 39.4 Å². The molecule has 1 aromatic heterocycles. The Bertz CT molecular complexity index is 900. The molecule has 128 valence electrons. The lowest BCUT2D eigenvalue weighted by molar-refractivity contribution is -0.384. The lowest BCUT2D eigenvalue weighted by atomic mass is 10.1. The van der Waals surface area contributed by atoms with Crippen LogP contribution in [-0.2, 0) is 6.54 Å². The summed E-state index contributed by atoms with van der Waals surface area (Å²) in [7, 11) is 0. The average molecular weight is 353 g/mol. The maximum atomic E-state index is 11.2. The van der Waals surface area contributed by atoms with Crippen LogP contribution in [-0.4, -0.2) is 36.0 Å². The molecule has 0 bridgehead atoms. The predicted octanol–water partition coefficient (Wildman–Crippen LogP) is 4.13. The number of nitro groups is 1. The lowest BCUT2D eigenvalue weighted by Crippen LogP contribution is -2.46. The monoisotopic (exact) mass is 353 g/mol. The number of benzene rings is 2. The third kappa shape index (κ3) is 3.23. The van der Waals surface area contributed by atoms with Gasteiger partial charge in [-0.05, 0) is 28.5 Å². The highest BCUT2D eigenvalue weighted by Gasteiger charge is 2.23.